The number of amides is 2. The lowest BCUT2D eigenvalue weighted by Gasteiger charge is -2.33. The number of carbonyl (C=O) groups excluding carboxylic acids is 2. The minimum atomic E-state index is -1.33. The van der Waals surface area contributed by atoms with E-state index in [2.05, 4.69) is 30.6 Å². The number of ether oxygens (including phenoxy) is 1. The molecule has 0 aliphatic carbocycles. The molecule has 178 valence electrons. The zero-order valence-electron chi connectivity index (χ0n) is 18.6. The molecule has 4 heterocycles. The van der Waals surface area contributed by atoms with Crippen LogP contribution in [0, 0.1) is 0 Å². The van der Waals surface area contributed by atoms with Crippen molar-refractivity contribution in [1.29, 1.82) is 0 Å². The Morgan fingerprint density at radius 3 is 2.76 bits per heavy atom. The number of anilines is 2. The summed E-state index contributed by atoms with van der Waals surface area (Å²) >= 11 is 0. The first kappa shape index (κ1) is 23.1. The molecule has 2 N–H and O–H groups in total. The molecular formula is C22H24FN7O4. The Hall–Kier alpha value is -4.09. The summed E-state index contributed by atoms with van der Waals surface area (Å²) in [6.45, 7) is 4.04. The average Bonchev–Trinajstić information content (AvgIpc) is 3.31. The highest BCUT2D eigenvalue weighted by molar-refractivity contribution is 6.08. The molecular weight excluding hydrogens is 445 g/mol. The Balaban J connectivity index is 1.38. The summed E-state index contributed by atoms with van der Waals surface area (Å²) in [5, 5.41) is 5.41. The third-order valence-electron chi connectivity index (χ3n) is 5.01. The fourth-order valence-corrected chi connectivity index (χ4v) is 3.40. The Bertz CT molecular complexity index is 1140. The van der Waals surface area contributed by atoms with Crippen molar-refractivity contribution in [1.82, 2.24) is 25.3 Å². The second-order valence-electron chi connectivity index (χ2n) is 7.96. The monoisotopic (exact) mass is 469 g/mol. The number of aromatic nitrogens is 4. The van der Waals surface area contributed by atoms with Gasteiger partial charge in [0.2, 0.25) is 0 Å². The zero-order chi connectivity index (χ0) is 24.1. The van der Waals surface area contributed by atoms with Gasteiger partial charge in [0.05, 0.1) is 17.8 Å². The van der Waals surface area contributed by atoms with Crippen molar-refractivity contribution >= 4 is 23.5 Å². The number of hydrogen-bond donors (Lipinski definition) is 2. The molecule has 3 aromatic heterocycles. The standard InChI is InChI=1S/C22H24FN7O4/c1-13(2)27-19(31)14-10-24-8-4-16(14)28-20(32)17-12-33-22(29-17)30-9-5-18(15(23)11-30)34-21-25-6-3-7-26-21/h3-4,6-8,10,12-13,15,18H,5,9,11H2,1-2H3,(H,27,31)(H,24,28,32)/t15-,18+/m0/s1. The van der Waals surface area contributed by atoms with Crippen LogP contribution >= 0.6 is 0 Å². The van der Waals surface area contributed by atoms with Gasteiger partial charge in [-0.1, -0.05) is 0 Å². The van der Waals surface area contributed by atoms with E-state index in [1.54, 1.807) is 11.0 Å². The van der Waals surface area contributed by atoms with Crippen LogP contribution in [0.4, 0.5) is 16.1 Å². The average molecular weight is 469 g/mol. The topological polar surface area (TPSA) is 135 Å². The molecule has 2 atom stereocenters. The summed E-state index contributed by atoms with van der Waals surface area (Å²) in [7, 11) is 0. The van der Waals surface area contributed by atoms with E-state index in [9.17, 15) is 14.0 Å². The van der Waals surface area contributed by atoms with Gasteiger partial charge < -0.3 is 24.7 Å². The maximum atomic E-state index is 14.7. The Morgan fingerprint density at radius 1 is 1.24 bits per heavy atom. The number of pyridine rings is 1. The smallest absolute Gasteiger partial charge is 0.316 e. The number of carbonyl (C=O) groups is 2. The first-order chi connectivity index (χ1) is 16.4. The second kappa shape index (κ2) is 10.2. The van der Waals surface area contributed by atoms with E-state index in [1.165, 1.54) is 37.1 Å². The van der Waals surface area contributed by atoms with Gasteiger partial charge >= 0.3 is 6.01 Å². The molecule has 3 aromatic rings. The van der Waals surface area contributed by atoms with E-state index in [0.717, 1.165) is 0 Å². The molecule has 0 unspecified atom stereocenters. The zero-order valence-corrected chi connectivity index (χ0v) is 18.6. The predicted octanol–water partition coefficient (Wildman–Crippen LogP) is 2.25. The normalized spacial score (nSPS) is 17.9. The van der Waals surface area contributed by atoms with Gasteiger partial charge in [-0.25, -0.2) is 14.4 Å². The number of rotatable bonds is 7. The molecule has 0 saturated carbocycles. The van der Waals surface area contributed by atoms with Crippen molar-refractivity contribution in [2.24, 2.45) is 0 Å². The van der Waals surface area contributed by atoms with Crippen LogP contribution in [0.25, 0.3) is 0 Å². The van der Waals surface area contributed by atoms with Gasteiger partial charge in [0, 0.05) is 43.8 Å². The highest BCUT2D eigenvalue weighted by Gasteiger charge is 2.33. The molecule has 0 radical (unpaired) electrons. The van der Waals surface area contributed by atoms with Crippen LogP contribution in [0.5, 0.6) is 6.01 Å². The highest BCUT2D eigenvalue weighted by Crippen LogP contribution is 2.24. The van der Waals surface area contributed by atoms with Crippen LogP contribution in [0.2, 0.25) is 0 Å². The lowest BCUT2D eigenvalue weighted by molar-refractivity contribution is 0.0723. The molecule has 1 fully saturated rings. The molecule has 0 spiro atoms. The Kier molecular flexibility index (Phi) is 6.95. The first-order valence-electron chi connectivity index (χ1n) is 10.7. The molecule has 2 amide bonds. The van der Waals surface area contributed by atoms with Crippen molar-refractivity contribution in [3.8, 4) is 6.01 Å². The minimum Gasteiger partial charge on any atom is -0.457 e. The third kappa shape index (κ3) is 5.45. The molecule has 1 aliphatic heterocycles. The largest absolute Gasteiger partial charge is 0.457 e. The van der Waals surface area contributed by atoms with E-state index in [0.29, 0.717) is 13.0 Å². The summed E-state index contributed by atoms with van der Waals surface area (Å²) < 4.78 is 25.7. The summed E-state index contributed by atoms with van der Waals surface area (Å²) in [5.41, 5.74) is 0.499. The van der Waals surface area contributed by atoms with Crippen molar-refractivity contribution in [3.05, 3.63) is 54.4 Å². The van der Waals surface area contributed by atoms with E-state index >= 15 is 0 Å². The minimum absolute atomic E-state index is 0.00602. The SMILES string of the molecule is CC(C)NC(=O)c1cnccc1NC(=O)c1coc(N2CC[C@@H](Oc3ncccn3)[C@@H](F)C2)n1. The number of hydrogen-bond acceptors (Lipinski definition) is 9. The Morgan fingerprint density at radius 2 is 2.03 bits per heavy atom. The van der Waals surface area contributed by atoms with Crippen LogP contribution in [-0.2, 0) is 0 Å². The summed E-state index contributed by atoms with van der Waals surface area (Å²) in [6.07, 6.45) is 5.40. The van der Waals surface area contributed by atoms with Crippen molar-refractivity contribution in [3.63, 3.8) is 0 Å². The fraction of sp³-hybridized carbons (Fsp3) is 0.364. The van der Waals surface area contributed by atoms with E-state index in [1.807, 2.05) is 13.8 Å². The molecule has 1 saturated heterocycles. The summed E-state index contributed by atoms with van der Waals surface area (Å²) in [4.78, 5) is 42.7. The number of nitrogens with one attached hydrogen (secondary N) is 2. The first-order valence-corrected chi connectivity index (χ1v) is 10.7. The van der Waals surface area contributed by atoms with Crippen LogP contribution in [0.3, 0.4) is 0 Å². The highest BCUT2D eigenvalue weighted by atomic mass is 19.1. The van der Waals surface area contributed by atoms with Gasteiger partial charge in [-0.05, 0) is 26.0 Å². The lowest BCUT2D eigenvalue weighted by atomic mass is 10.1. The second-order valence-corrected chi connectivity index (χ2v) is 7.96. The number of oxazole rings is 1. The molecule has 4 rings (SSSR count). The van der Waals surface area contributed by atoms with Gasteiger partial charge in [-0.2, -0.15) is 4.98 Å². The van der Waals surface area contributed by atoms with Gasteiger partial charge in [0.25, 0.3) is 17.8 Å². The van der Waals surface area contributed by atoms with Crippen LogP contribution in [0.1, 0.15) is 41.1 Å². The molecule has 0 aromatic carbocycles. The molecule has 11 nitrogen and oxygen atoms in total. The van der Waals surface area contributed by atoms with Crippen LogP contribution < -0.4 is 20.3 Å². The molecule has 1 aliphatic rings. The maximum Gasteiger partial charge on any atom is 0.316 e. The quantitative estimate of drug-likeness (QED) is 0.534. The van der Waals surface area contributed by atoms with Crippen LogP contribution in [0.15, 0.2) is 47.6 Å². The van der Waals surface area contributed by atoms with Crippen molar-refractivity contribution in [2.45, 2.75) is 38.6 Å². The molecule has 12 heteroatoms. The van der Waals surface area contributed by atoms with Gasteiger partial charge in [-0.15, -0.1) is 0 Å². The number of nitrogens with zero attached hydrogens (tertiary/aromatic N) is 5. The fourth-order valence-electron chi connectivity index (χ4n) is 3.40. The third-order valence-corrected chi connectivity index (χ3v) is 5.01. The van der Waals surface area contributed by atoms with E-state index in [-0.39, 0.29) is 47.5 Å². The van der Waals surface area contributed by atoms with Crippen molar-refractivity contribution < 1.29 is 23.1 Å². The number of alkyl halides is 1. The summed E-state index contributed by atoms with van der Waals surface area (Å²) in [6, 6.07) is 3.33. The van der Waals surface area contributed by atoms with Gasteiger partial charge in [0.1, 0.15) is 12.4 Å². The molecule has 0 bridgehead atoms. The lowest BCUT2D eigenvalue weighted by Crippen LogP contribution is -2.47. The summed E-state index contributed by atoms with van der Waals surface area (Å²) in [5.74, 6) is -0.935. The number of piperidine rings is 1. The van der Waals surface area contributed by atoms with Crippen LogP contribution in [-0.4, -0.2) is 63.2 Å². The van der Waals surface area contributed by atoms with E-state index < -0.39 is 18.2 Å². The Labute approximate surface area is 194 Å². The van der Waals surface area contributed by atoms with E-state index in [4.69, 9.17) is 9.15 Å². The maximum absolute atomic E-state index is 14.7. The molecule has 34 heavy (non-hydrogen) atoms. The predicted molar refractivity (Wildman–Crippen MR) is 119 cm³/mol. The van der Waals surface area contributed by atoms with Gasteiger partial charge in [-0.3, -0.25) is 14.6 Å². The number of halogens is 1. The van der Waals surface area contributed by atoms with Crippen molar-refractivity contribution in [2.75, 3.05) is 23.3 Å². The van der Waals surface area contributed by atoms with Gasteiger partial charge in [0.15, 0.2) is 11.9 Å².